The van der Waals surface area contributed by atoms with Crippen LogP contribution in [0.3, 0.4) is 0 Å². The largest absolute Gasteiger partial charge is 0.324 e. The fourth-order valence-corrected chi connectivity index (χ4v) is 3.42. The second-order valence-electron chi connectivity index (χ2n) is 6.53. The molecular weight excluding hydrogens is 300 g/mol. The van der Waals surface area contributed by atoms with Crippen LogP contribution in [0.5, 0.6) is 0 Å². The van der Waals surface area contributed by atoms with Gasteiger partial charge in [-0.2, -0.15) is 0 Å². The third-order valence-corrected chi connectivity index (χ3v) is 4.37. The Balaban J connectivity index is 1.74. The predicted octanol–water partition coefficient (Wildman–Crippen LogP) is 2.00. The highest BCUT2D eigenvalue weighted by Crippen LogP contribution is 2.34. The fraction of sp³-hybridized carbons (Fsp3) is 0.263. The van der Waals surface area contributed by atoms with Crippen LogP contribution < -0.4 is 5.32 Å². The Labute approximate surface area is 141 Å². The van der Waals surface area contributed by atoms with E-state index < -0.39 is 0 Å². The summed E-state index contributed by atoms with van der Waals surface area (Å²) in [5.74, 6) is 0.887. The van der Waals surface area contributed by atoms with Gasteiger partial charge in [-0.25, -0.2) is 4.99 Å². The Kier molecular flexibility index (Phi) is 3.58. The second kappa shape index (κ2) is 5.76. The first-order valence-electron chi connectivity index (χ1n) is 8.14. The van der Waals surface area contributed by atoms with E-state index in [-0.39, 0.29) is 5.91 Å². The van der Waals surface area contributed by atoms with E-state index in [1.165, 1.54) is 5.56 Å². The molecule has 5 nitrogen and oxygen atoms in total. The number of carbonyl (C=O) groups excluding carboxylic acids is 1. The summed E-state index contributed by atoms with van der Waals surface area (Å²) in [5, 5.41) is 2.99. The molecule has 0 fully saturated rings. The van der Waals surface area contributed by atoms with E-state index in [1.807, 2.05) is 12.3 Å². The Morgan fingerprint density at radius 2 is 2.17 bits per heavy atom. The minimum absolute atomic E-state index is 0.0656. The number of hydrogen-bond acceptors (Lipinski definition) is 4. The molecule has 1 N–H and O–H groups in total. The van der Waals surface area contributed by atoms with Crippen molar-refractivity contribution < 1.29 is 4.79 Å². The van der Waals surface area contributed by atoms with Gasteiger partial charge >= 0.3 is 0 Å². The van der Waals surface area contributed by atoms with Crippen molar-refractivity contribution >= 4 is 11.7 Å². The van der Waals surface area contributed by atoms with Crippen LogP contribution in [0.2, 0.25) is 0 Å². The van der Waals surface area contributed by atoms with Crippen LogP contribution in [-0.2, 0) is 11.3 Å². The molecule has 0 saturated carbocycles. The molecule has 0 unspecified atom stereocenters. The van der Waals surface area contributed by atoms with Crippen molar-refractivity contribution in [1.29, 1.82) is 0 Å². The highest BCUT2D eigenvalue weighted by atomic mass is 16.1. The zero-order chi connectivity index (χ0) is 16.7. The molecule has 0 aromatic heterocycles. The SMILES string of the molecule is CN(C)Cc1cccc(C2=NC=C3C=CC(=O)NC4=C3N2CC4)c1. The Morgan fingerprint density at radius 1 is 1.29 bits per heavy atom. The van der Waals surface area contributed by atoms with E-state index in [0.29, 0.717) is 0 Å². The van der Waals surface area contributed by atoms with Gasteiger partial charge in [-0.3, -0.25) is 4.79 Å². The van der Waals surface area contributed by atoms with Crippen LogP contribution in [0.1, 0.15) is 17.5 Å². The molecule has 0 atom stereocenters. The monoisotopic (exact) mass is 320 g/mol. The number of nitrogens with zero attached hydrogens (tertiary/aromatic N) is 3. The average molecular weight is 320 g/mol. The topological polar surface area (TPSA) is 47.9 Å². The van der Waals surface area contributed by atoms with Gasteiger partial charge in [0.1, 0.15) is 5.84 Å². The first kappa shape index (κ1) is 14.9. The maximum Gasteiger partial charge on any atom is 0.248 e. The van der Waals surface area contributed by atoms with Crippen molar-refractivity contribution in [2.24, 2.45) is 4.99 Å². The molecule has 1 amide bonds. The predicted molar refractivity (Wildman–Crippen MR) is 94.1 cm³/mol. The van der Waals surface area contributed by atoms with Crippen LogP contribution in [0.4, 0.5) is 0 Å². The van der Waals surface area contributed by atoms with E-state index >= 15 is 0 Å². The Bertz CT molecular complexity index is 830. The molecule has 0 radical (unpaired) electrons. The summed E-state index contributed by atoms with van der Waals surface area (Å²) >= 11 is 0. The third-order valence-electron chi connectivity index (χ3n) is 4.37. The number of amidine groups is 1. The lowest BCUT2D eigenvalue weighted by Gasteiger charge is -2.28. The molecule has 0 saturated heterocycles. The number of nitrogens with one attached hydrogen (secondary N) is 1. The summed E-state index contributed by atoms with van der Waals surface area (Å²) < 4.78 is 0. The molecule has 3 heterocycles. The Morgan fingerprint density at radius 3 is 3.00 bits per heavy atom. The molecule has 5 heteroatoms. The van der Waals surface area contributed by atoms with Crippen molar-refractivity contribution in [2.75, 3.05) is 20.6 Å². The fourth-order valence-electron chi connectivity index (χ4n) is 3.42. The van der Waals surface area contributed by atoms with Gasteiger partial charge in [0.25, 0.3) is 0 Å². The number of rotatable bonds is 3. The van der Waals surface area contributed by atoms with E-state index in [0.717, 1.165) is 47.9 Å². The van der Waals surface area contributed by atoms with Crippen LogP contribution in [0.25, 0.3) is 0 Å². The molecule has 0 bridgehead atoms. The normalized spacial score (nSPS) is 19.1. The number of hydrogen-bond donors (Lipinski definition) is 1. The zero-order valence-corrected chi connectivity index (χ0v) is 13.9. The van der Waals surface area contributed by atoms with Gasteiger partial charge in [0.15, 0.2) is 0 Å². The number of amides is 1. The minimum atomic E-state index is -0.0656. The van der Waals surface area contributed by atoms with Crippen LogP contribution in [-0.4, -0.2) is 42.2 Å². The highest BCUT2D eigenvalue weighted by molar-refractivity contribution is 6.03. The summed E-state index contributed by atoms with van der Waals surface area (Å²) in [5.41, 5.74) is 5.44. The first-order chi connectivity index (χ1) is 11.6. The van der Waals surface area contributed by atoms with Gasteiger partial charge in [-0.1, -0.05) is 18.2 Å². The van der Waals surface area contributed by atoms with Crippen molar-refractivity contribution in [3.05, 3.63) is 70.7 Å². The van der Waals surface area contributed by atoms with Crippen LogP contribution >= 0.6 is 0 Å². The maximum absolute atomic E-state index is 11.8. The van der Waals surface area contributed by atoms with Gasteiger partial charge in [0, 0.05) is 48.6 Å². The van der Waals surface area contributed by atoms with Crippen LogP contribution in [0, 0.1) is 0 Å². The van der Waals surface area contributed by atoms with Gasteiger partial charge < -0.3 is 15.1 Å². The van der Waals surface area contributed by atoms with Crippen LogP contribution in [0.15, 0.2) is 64.6 Å². The van der Waals surface area contributed by atoms with E-state index in [1.54, 1.807) is 6.08 Å². The number of aliphatic imine (C=N–C) groups is 1. The average Bonchev–Trinajstić information content (AvgIpc) is 2.88. The molecule has 3 aliphatic rings. The molecule has 0 aliphatic carbocycles. The standard InChI is InChI=1S/C19H20N4O/c1-22(2)12-13-4-3-5-14(10-13)19-20-11-15-6-7-17(24)21-16-8-9-23(19)18(15)16/h3-7,10-11H,8-9,12H2,1-2H3,(H,21,24). The summed E-state index contributed by atoms with van der Waals surface area (Å²) in [6.07, 6.45) is 6.11. The van der Waals surface area contributed by atoms with Gasteiger partial charge in [0.2, 0.25) is 5.91 Å². The van der Waals surface area contributed by atoms with Gasteiger partial charge in [0.05, 0.1) is 5.70 Å². The molecule has 122 valence electrons. The lowest BCUT2D eigenvalue weighted by atomic mass is 10.1. The second-order valence-corrected chi connectivity index (χ2v) is 6.53. The van der Waals surface area contributed by atoms with E-state index in [4.69, 9.17) is 4.99 Å². The summed E-state index contributed by atoms with van der Waals surface area (Å²) in [7, 11) is 4.13. The minimum Gasteiger partial charge on any atom is -0.324 e. The Hall–Kier alpha value is -2.66. The van der Waals surface area contributed by atoms with Gasteiger partial charge in [-0.15, -0.1) is 0 Å². The lowest BCUT2D eigenvalue weighted by molar-refractivity contribution is -0.115. The quantitative estimate of drug-likeness (QED) is 0.927. The highest BCUT2D eigenvalue weighted by Gasteiger charge is 2.32. The lowest BCUT2D eigenvalue weighted by Crippen LogP contribution is -2.31. The molecule has 3 aliphatic heterocycles. The zero-order valence-electron chi connectivity index (χ0n) is 13.9. The molecular formula is C19H20N4O. The molecule has 4 rings (SSSR count). The summed E-state index contributed by atoms with van der Waals surface area (Å²) in [6, 6.07) is 8.51. The first-order valence-corrected chi connectivity index (χ1v) is 8.14. The summed E-state index contributed by atoms with van der Waals surface area (Å²) in [6.45, 7) is 1.74. The molecule has 1 aromatic carbocycles. The summed E-state index contributed by atoms with van der Waals surface area (Å²) in [4.78, 5) is 20.9. The van der Waals surface area contributed by atoms with Crippen molar-refractivity contribution in [1.82, 2.24) is 15.1 Å². The molecule has 1 aromatic rings. The van der Waals surface area contributed by atoms with Crippen molar-refractivity contribution in [3.63, 3.8) is 0 Å². The maximum atomic E-state index is 11.8. The van der Waals surface area contributed by atoms with Gasteiger partial charge in [-0.05, 0) is 31.8 Å². The molecule has 0 spiro atoms. The van der Waals surface area contributed by atoms with E-state index in [2.05, 4.69) is 53.5 Å². The van der Waals surface area contributed by atoms with Crippen molar-refractivity contribution in [2.45, 2.75) is 13.0 Å². The number of carbonyl (C=O) groups is 1. The number of allylic oxidation sites excluding steroid dienone is 1. The molecule has 24 heavy (non-hydrogen) atoms. The number of benzene rings is 1. The smallest absolute Gasteiger partial charge is 0.248 e. The third kappa shape index (κ3) is 2.57. The van der Waals surface area contributed by atoms with Crippen molar-refractivity contribution in [3.8, 4) is 0 Å². The van der Waals surface area contributed by atoms with E-state index in [9.17, 15) is 4.79 Å².